The quantitative estimate of drug-likeness (QED) is 0.721. The summed E-state index contributed by atoms with van der Waals surface area (Å²) in [6, 6.07) is 9.96. The minimum absolute atomic E-state index is 0.612. The monoisotopic (exact) mass is 213 g/mol. The van der Waals surface area contributed by atoms with Gasteiger partial charge in [-0.25, -0.2) is 0 Å². The summed E-state index contributed by atoms with van der Waals surface area (Å²) in [7, 11) is 0. The summed E-state index contributed by atoms with van der Waals surface area (Å²) in [5, 5.41) is 3.16. The van der Waals surface area contributed by atoms with Gasteiger partial charge in [-0.2, -0.15) is 0 Å². The fourth-order valence-corrected chi connectivity index (χ4v) is 1.26. The van der Waals surface area contributed by atoms with Gasteiger partial charge >= 0.3 is 0 Å². The number of hydrogen-bond donors (Lipinski definition) is 1. The Morgan fingerprint density at radius 2 is 1.79 bits per heavy atom. The highest BCUT2D eigenvalue weighted by Gasteiger charge is 1.92. The van der Waals surface area contributed by atoms with E-state index in [1.165, 1.54) is 5.56 Å². The molecule has 0 spiro atoms. The average molecular weight is 214 g/mol. The molecule has 0 amide bonds. The largest absolute Gasteiger partial charge is 0.379 e. The van der Waals surface area contributed by atoms with Crippen molar-refractivity contribution in [1.29, 1.82) is 0 Å². The third kappa shape index (κ3) is 5.22. The molecule has 1 heterocycles. The van der Waals surface area contributed by atoms with Crippen LogP contribution in [0.25, 0.3) is 0 Å². The van der Waals surface area contributed by atoms with E-state index in [1.807, 2.05) is 30.3 Å². The van der Waals surface area contributed by atoms with E-state index in [0.29, 0.717) is 5.88 Å². The Kier molecular flexibility index (Phi) is 6.41. The maximum atomic E-state index is 5.53. The summed E-state index contributed by atoms with van der Waals surface area (Å²) >= 11 is 5.53. The third-order valence-electron chi connectivity index (χ3n) is 1.84. The normalized spacial score (nSPS) is 15.5. The molecule has 1 fully saturated rings. The SMILES string of the molecule is C1COCCN1.ClCc1ccccc1. The molecule has 3 heteroatoms. The number of benzene rings is 1. The van der Waals surface area contributed by atoms with E-state index in [0.717, 1.165) is 26.3 Å². The van der Waals surface area contributed by atoms with E-state index in [9.17, 15) is 0 Å². The molecule has 2 nitrogen and oxygen atoms in total. The van der Waals surface area contributed by atoms with Gasteiger partial charge in [0.1, 0.15) is 0 Å². The molecule has 1 aromatic rings. The van der Waals surface area contributed by atoms with Gasteiger partial charge in [-0.1, -0.05) is 30.3 Å². The lowest BCUT2D eigenvalue weighted by molar-refractivity contribution is 0.109. The highest BCUT2D eigenvalue weighted by atomic mass is 35.5. The van der Waals surface area contributed by atoms with Gasteiger partial charge in [-0.3, -0.25) is 0 Å². The molecule has 0 aliphatic carbocycles. The van der Waals surface area contributed by atoms with Crippen molar-refractivity contribution >= 4 is 11.6 Å². The van der Waals surface area contributed by atoms with E-state index in [-0.39, 0.29) is 0 Å². The number of hydrogen-bond acceptors (Lipinski definition) is 2. The lowest BCUT2D eigenvalue weighted by Crippen LogP contribution is -2.30. The topological polar surface area (TPSA) is 21.3 Å². The maximum Gasteiger partial charge on any atom is 0.0591 e. The van der Waals surface area contributed by atoms with Crippen LogP contribution in [0.2, 0.25) is 0 Å². The molecule has 1 aliphatic rings. The van der Waals surface area contributed by atoms with Crippen LogP contribution in [0.4, 0.5) is 0 Å². The van der Waals surface area contributed by atoms with Crippen molar-refractivity contribution in [3.05, 3.63) is 35.9 Å². The predicted octanol–water partition coefficient (Wildman–Crippen LogP) is 2.03. The van der Waals surface area contributed by atoms with E-state index >= 15 is 0 Å². The lowest BCUT2D eigenvalue weighted by Gasteiger charge is -2.10. The molecule has 0 atom stereocenters. The molecule has 1 aliphatic heterocycles. The van der Waals surface area contributed by atoms with Crippen molar-refractivity contribution < 1.29 is 4.74 Å². The Morgan fingerprint density at radius 1 is 1.14 bits per heavy atom. The molecule has 0 radical (unpaired) electrons. The second-order valence-corrected chi connectivity index (χ2v) is 3.25. The first-order valence-corrected chi connectivity index (χ1v) is 5.35. The first-order valence-electron chi connectivity index (χ1n) is 4.82. The Morgan fingerprint density at radius 3 is 2.07 bits per heavy atom. The van der Waals surface area contributed by atoms with Crippen LogP contribution in [0, 0.1) is 0 Å². The Hall–Kier alpha value is -0.570. The van der Waals surface area contributed by atoms with E-state index in [4.69, 9.17) is 16.3 Å². The van der Waals surface area contributed by atoms with Gasteiger partial charge in [0, 0.05) is 19.0 Å². The molecule has 0 aromatic heterocycles. The van der Waals surface area contributed by atoms with Crippen molar-refractivity contribution in [2.24, 2.45) is 0 Å². The van der Waals surface area contributed by atoms with Gasteiger partial charge in [0.2, 0.25) is 0 Å². The van der Waals surface area contributed by atoms with Crippen LogP contribution in [-0.4, -0.2) is 26.3 Å². The molecule has 0 bridgehead atoms. The van der Waals surface area contributed by atoms with Gasteiger partial charge in [0.05, 0.1) is 13.2 Å². The summed E-state index contributed by atoms with van der Waals surface area (Å²) in [6.45, 7) is 3.83. The number of alkyl halides is 1. The first kappa shape index (κ1) is 11.5. The lowest BCUT2D eigenvalue weighted by atomic mass is 10.2. The van der Waals surface area contributed by atoms with Crippen LogP contribution in [0.1, 0.15) is 5.56 Å². The molecule has 2 rings (SSSR count). The van der Waals surface area contributed by atoms with Gasteiger partial charge in [-0.05, 0) is 5.56 Å². The zero-order valence-corrected chi connectivity index (χ0v) is 8.96. The van der Waals surface area contributed by atoms with Crippen molar-refractivity contribution in [3.8, 4) is 0 Å². The van der Waals surface area contributed by atoms with Crippen molar-refractivity contribution in [2.75, 3.05) is 26.3 Å². The summed E-state index contributed by atoms with van der Waals surface area (Å²) < 4.78 is 5.01. The van der Waals surface area contributed by atoms with Crippen LogP contribution in [0.3, 0.4) is 0 Å². The molecular formula is C11H16ClNO. The Bertz CT molecular complexity index is 212. The van der Waals surface area contributed by atoms with Gasteiger partial charge in [0.15, 0.2) is 0 Å². The number of halogens is 1. The minimum Gasteiger partial charge on any atom is -0.379 e. The number of morpholine rings is 1. The summed E-state index contributed by atoms with van der Waals surface area (Å²) in [5.74, 6) is 0.612. The maximum absolute atomic E-state index is 5.53. The predicted molar refractivity (Wildman–Crippen MR) is 59.7 cm³/mol. The molecule has 0 saturated carbocycles. The van der Waals surface area contributed by atoms with E-state index in [1.54, 1.807) is 0 Å². The fraction of sp³-hybridized carbons (Fsp3) is 0.455. The van der Waals surface area contributed by atoms with Crippen LogP contribution < -0.4 is 5.32 Å². The summed E-state index contributed by atoms with van der Waals surface area (Å²) in [6.07, 6.45) is 0. The van der Waals surface area contributed by atoms with Crippen LogP contribution in [-0.2, 0) is 10.6 Å². The van der Waals surface area contributed by atoms with E-state index < -0.39 is 0 Å². The number of nitrogens with one attached hydrogen (secondary N) is 1. The molecule has 1 N–H and O–H groups in total. The summed E-state index contributed by atoms with van der Waals surface area (Å²) in [5.41, 5.74) is 1.18. The molecule has 14 heavy (non-hydrogen) atoms. The molecule has 78 valence electrons. The zero-order chi connectivity index (χ0) is 10.1. The van der Waals surface area contributed by atoms with Crippen molar-refractivity contribution in [1.82, 2.24) is 5.32 Å². The van der Waals surface area contributed by atoms with E-state index in [2.05, 4.69) is 5.32 Å². The number of rotatable bonds is 1. The van der Waals surface area contributed by atoms with Gasteiger partial charge < -0.3 is 10.1 Å². The fourth-order valence-electron chi connectivity index (χ4n) is 1.08. The summed E-state index contributed by atoms with van der Waals surface area (Å²) in [4.78, 5) is 0. The molecular weight excluding hydrogens is 198 g/mol. The number of ether oxygens (including phenoxy) is 1. The third-order valence-corrected chi connectivity index (χ3v) is 2.15. The standard InChI is InChI=1S/C7H7Cl.C4H9NO/c8-6-7-4-2-1-3-5-7;1-3-6-4-2-5-1/h1-5H,6H2;5H,1-4H2. The zero-order valence-electron chi connectivity index (χ0n) is 8.21. The van der Waals surface area contributed by atoms with Crippen LogP contribution in [0.15, 0.2) is 30.3 Å². The smallest absolute Gasteiger partial charge is 0.0591 e. The van der Waals surface area contributed by atoms with Gasteiger partial charge in [-0.15, -0.1) is 11.6 Å². The second kappa shape index (κ2) is 7.80. The highest BCUT2D eigenvalue weighted by Crippen LogP contribution is 2.00. The van der Waals surface area contributed by atoms with Crippen LogP contribution in [0.5, 0.6) is 0 Å². The Labute approximate surface area is 90.2 Å². The Balaban J connectivity index is 0.000000146. The molecule has 0 unspecified atom stereocenters. The second-order valence-electron chi connectivity index (χ2n) is 2.98. The first-order chi connectivity index (χ1) is 6.93. The average Bonchev–Trinajstić information content (AvgIpc) is 2.33. The molecule has 1 saturated heterocycles. The minimum atomic E-state index is 0.612. The molecule has 1 aromatic carbocycles. The van der Waals surface area contributed by atoms with Gasteiger partial charge in [0.25, 0.3) is 0 Å². The van der Waals surface area contributed by atoms with Crippen molar-refractivity contribution in [3.63, 3.8) is 0 Å². The van der Waals surface area contributed by atoms with Crippen molar-refractivity contribution in [2.45, 2.75) is 5.88 Å². The highest BCUT2D eigenvalue weighted by molar-refractivity contribution is 6.17. The van der Waals surface area contributed by atoms with Crippen LogP contribution >= 0.6 is 11.6 Å².